The maximum Gasteiger partial charge on any atom is 0.416 e. The van der Waals surface area contributed by atoms with Crippen molar-refractivity contribution in [3.8, 4) is 0 Å². The number of aliphatic hydroxyl groups excluding tert-OH is 1. The molecule has 0 saturated heterocycles. The molecular formula is C17H22F3N3O5. The normalized spacial score (nSPS) is 13.6. The molecule has 0 radical (unpaired) electrons. The fourth-order valence-corrected chi connectivity index (χ4v) is 1.85. The Bertz CT molecular complexity index is 712. The van der Waals surface area contributed by atoms with Crippen LogP contribution in [-0.4, -0.2) is 41.3 Å². The number of alkyl carbamates (subject to hydrolysis) is 1. The first-order chi connectivity index (χ1) is 12.8. The summed E-state index contributed by atoms with van der Waals surface area (Å²) in [7, 11) is 0. The van der Waals surface area contributed by atoms with Gasteiger partial charge >= 0.3 is 18.2 Å². The number of amidine groups is 1. The summed E-state index contributed by atoms with van der Waals surface area (Å²) in [6.07, 6.45) is -5.46. The predicted octanol–water partition coefficient (Wildman–Crippen LogP) is 1.95. The van der Waals surface area contributed by atoms with E-state index in [1.807, 2.05) is 0 Å². The van der Waals surface area contributed by atoms with Gasteiger partial charge in [0, 0.05) is 6.42 Å². The van der Waals surface area contributed by atoms with Crippen molar-refractivity contribution in [2.24, 2.45) is 10.9 Å². The molecule has 28 heavy (non-hydrogen) atoms. The molecule has 1 rings (SSSR count). The Kier molecular flexibility index (Phi) is 7.79. The van der Waals surface area contributed by atoms with Crippen LogP contribution in [0.1, 0.15) is 31.9 Å². The molecule has 156 valence electrons. The van der Waals surface area contributed by atoms with Crippen molar-refractivity contribution >= 4 is 17.9 Å². The zero-order chi connectivity index (χ0) is 21.5. The lowest BCUT2D eigenvalue weighted by molar-refractivity contribution is -0.147. The van der Waals surface area contributed by atoms with E-state index in [0.717, 1.165) is 12.1 Å². The van der Waals surface area contributed by atoms with Gasteiger partial charge in [-0.3, -0.25) is 0 Å². The second-order valence-electron chi connectivity index (χ2n) is 6.75. The molecule has 1 aromatic rings. The number of nitrogens with two attached hydrogens (primary N) is 1. The average molecular weight is 405 g/mol. The minimum atomic E-state index is -4.45. The number of carbonyl (C=O) groups excluding carboxylic acids is 2. The largest absolute Gasteiger partial charge is 0.444 e. The highest BCUT2D eigenvalue weighted by Gasteiger charge is 2.30. The molecule has 0 saturated carbocycles. The molecule has 0 bridgehead atoms. The summed E-state index contributed by atoms with van der Waals surface area (Å²) in [5.74, 6) is -1.29. The fourth-order valence-electron chi connectivity index (χ4n) is 1.85. The van der Waals surface area contributed by atoms with Gasteiger partial charge in [0.2, 0.25) is 0 Å². The van der Waals surface area contributed by atoms with Gasteiger partial charge in [0.25, 0.3) is 0 Å². The Morgan fingerprint density at radius 1 is 1.21 bits per heavy atom. The summed E-state index contributed by atoms with van der Waals surface area (Å²) in [5.41, 5.74) is 4.38. The molecule has 0 aliphatic carbocycles. The molecule has 8 nitrogen and oxygen atoms in total. The Labute approximate surface area is 159 Å². The lowest BCUT2D eigenvalue weighted by Crippen LogP contribution is -2.46. The van der Waals surface area contributed by atoms with Crippen molar-refractivity contribution in [3.63, 3.8) is 0 Å². The van der Waals surface area contributed by atoms with Crippen LogP contribution in [0.4, 0.5) is 18.0 Å². The molecule has 0 aliphatic rings. The molecule has 4 N–H and O–H groups in total. The van der Waals surface area contributed by atoms with E-state index in [1.165, 1.54) is 12.1 Å². The number of benzene rings is 1. The van der Waals surface area contributed by atoms with Crippen molar-refractivity contribution in [1.82, 2.24) is 5.32 Å². The SMILES string of the molecule is CC(C)(C)OC(=O)N[C@@H](CO)C(=O)O/N=C(\N)Cc1ccc(C(F)(F)F)cc1. The molecule has 0 unspecified atom stereocenters. The maximum atomic E-state index is 12.5. The first kappa shape index (κ1) is 23.2. The number of carbonyl (C=O) groups is 2. The van der Waals surface area contributed by atoms with Crippen LogP contribution in [0, 0.1) is 0 Å². The van der Waals surface area contributed by atoms with Gasteiger partial charge in [0.15, 0.2) is 6.04 Å². The van der Waals surface area contributed by atoms with Gasteiger partial charge in [-0.1, -0.05) is 17.3 Å². The molecule has 0 spiro atoms. The molecule has 0 aromatic heterocycles. The number of ether oxygens (including phenoxy) is 1. The molecule has 11 heteroatoms. The zero-order valence-corrected chi connectivity index (χ0v) is 15.5. The summed E-state index contributed by atoms with van der Waals surface area (Å²) in [6.45, 7) is 4.08. The first-order valence-electron chi connectivity index (χ1n) is 8.11. The molecular weight excluding hydrogens is 383 g/mol. The molecule has 1 amide bonds. The second-order valence-corrected chi connectivity index (χ2v) is 6.75. The number of halogens is 3. The number of oxime groups is 1. The van der Waals surface area contributed by atoms with Crippen LogP contribution in [0.3, 0.4) is 0 Å². The third kappa shape index (κ3) is 8.25. The Morgan fingerprint density at radius 3 is 2.25 bits per heavy atom. The van der Waals surface area contributed by atoms with Crippen molar-refractivity contribution in [2.75, 3.05) is 6.61 Å². The average Bonchev–Trinajstić information content (AvgIpc) is 2.55. The van der Waals surface area contributed by atoms with Gasteiger partial charge in [-0.15, -0.1) is 0 Å². The number of nitrogens with one attached hydrogen (secondary N) is 1. The van der Waals surface area contributed by atoms with Gasteiger partial charge < -0.3 is 25.7 Å². The van der Waals surface area contributed by atoms with Crippen LogP contribution in [0.2, 0.25) is 0 Å². The number of alkyl halides is 3. The number of hydrogen-bond donors (Lipinski definition) is 3. The number of nitrogens with zero attached hydrogens (tertiary/aromatic N) is 1. The van der Waals surface area contributed by atoms with E-state index < -0.39 is 42.1 Å². The molecule has 1 aromatic carbocycles. The smallest absolute Gasteiger partial charge is 0.416 e. The summed E-state index contributed by atoms with van der Waals surface area (Å²) >= 11 is 0. The number of amides is 1. The maximum absolute atomic E-state index is 12.5. The van der Waals surface area contributed by atoms with Crippen molar-refractivity contribution in [3.05, 3.63) is 35.4 Å². The van der Waals surface area contributed by atoms with E-state index in [-0.39, 0.29) is 12.3 Å². The van der Waals surface area contributed by atoms with Crippen LogP contribution in [0.15, 0.2) is 29.4 Å². The van der Waals surface area contributed by atoms with E-state index in [2.05, 4.69) is 15.3 Å². The van der Waals surface area contributed by atoms with E-state index in [0.29, 0.717) is 5.56 Å². The van der Waals surface area contributed by atoms with Gasteiger partial charge in [-0.2, -0.15) is 13.2 Å². The molecule has 0 aliphatic heterocycles. The molecule has 0 heterocycles. The highest BCUT2D eigenvalue weighted by Crippen LogP contribution is 2.29. The van der Waals surface area contributed by atoms with Gasteiger partial charge in [-0.05, 0) is 38.5 Å². The molecule has 1 atom stereocenters. The number of rotatable bonds is 6. The standard InChI is InChI=1S/C17H22F3N3O5/c1-16(2,3)27-15(26)22-12(9-24)14(25)28-23-13(21)8-10-4-6-11(7-5-10)17(18,19)20/h4-7,12,24H,8-9H2,1-3H3,(H2,21,23)(H,22,26)/t12-/m0/s1. The minimum Gasteiger partial charge on any atom is -0.444 e. The van der Waals surface area contributed by atoms with E-state index in [4.69, 9.17) is 10.5 Å². The third-order valence-electron chi connectivity index (χ3n) is 3.08. The highest BCUT2D eigenvalue weighted by atomic mass is 19.4. The van der Waals surface area contributed by atoms with Crippen molar-refractivity contribution in [1.29, 1.82) is 0 Å². The second kappa shape index (κ2) is 9.40. The van der Waals surface area contributed by atoms with E-state index in [1.54, 1.807) is 20.8 Å². The highest BCUT2D eigenvalue weighted by molar-refractivity contribution is 5.85. The summed E-state index contributed by atoms with van der Waals surface area (Å²) < 4.78 is 42.5. The zero-order valence-electron chi connectivity index (χ0n) is 15.5. The van der Waals surface area contributed by atoms with Gasteiger partial charge in [0.1, 0.15) is 11.4 Å². The van der Waals surface area contributed by atoms with Crippen LogP contribution >= 0.6 is 0 Å². The third-order valence-corrected chi connectivity index (χ3v) is 3.08. The topological polar surface area (TPSA) is 123 Å². The summed E-state index contributed by atoms with van der Waals surface area (Å²) in [6, 6.07) is 2.78. The number of aliphatic hydroxyl groups is 1. The van der Waals surface area contributed by atoms with Crippen molar-refractivity contribution < 1.29 is 37.4 Å². The summed E-state index contributed by atoms with van der Waals surface area (Å²) in [4.78, 5) is 28.0. The first-order valence-corrected chi connectivity index (χ1v) is 8.11. The van der Waals surface area contributed by atoms with Crippen LogP contribution < -0.4 is 11.1 Å². The van der Waals surface area contributed by atoms with E-state index >= 15 is 0 Å². The lowest BCUT2D eigenvalue weighted by atomic mass is 10.1. The monoisotopic (exact) mass is 405 g/mol. The fraction of sp³-hybridized carbons (Fsp3) is 0.471. The number of hydrogen-bond acceptors (Lipinski definition) is 6. The Hall–Kier alpha value is -2.82. The van der Waals surface area contributed by atoms with E-state index in [9.17, 15) is 27.9 Å². The minimum absolute atomic E-state index is 0.0747. The Balaban J connectivity index is 2.62. The van der Waals surface area contributed by atoms with Gasteiger partial charge in [0.05, 0.1) is 12.2 Å². The van der Waals surface area contributed by atoms with Crippen molar-refractivity contribution in [2.45, 2.75) is 45.0 Å². The molecule has 0 fully saturated rings. The van der Waals surface area contributed by atoms with Crippen LogP contribution in [0.5, 0.6) is 0 Å². The van der Waals surface area contributed by atoms with Gasteiger partial charge in [-0.25, -0.2) is 9.59 Å². The van der Waals surface area contributed by atoms with Crippen LogP contribution in [0.25, 0.3) is 0 Å². The van der Waals surface area contributed by atoms with Crippen LogP contribution in [-0.2, 0) is 27.0 Å². The lowest BCUT2D eigenvalue weighted by Gasteiger charge is -2.21. The quantitative estimate of drug-likeness (QED) is 0.288. The Morgan fingerprint density at radius 2 is 1.79 bits per heavy atom. The predicted molar refractivity (Wildman–Crippen MR) is 93.1 cm³/mol. The summed E-state index contributed by atoms with van der Waals surface area (Å²) in [5, 5.41) is 14.7.